The van der Waals surface area contributed by atoms with Crippen LogP contribution in [0.3, 0.4) is 0 Å². The Hall–Kier alpha value is -1.52. The number of nitrogens with one attached hydrogen (secondary N) is 1. The lowest BCUT2D eigenvalue weighted by Gasteiger charge is -2.12. The van der Waals surface area contributed by atoms with Gasteiger partial charge in [-0.15, -0.1) is 0 Å². The average Bonchev–Trinajstić information content (AvgIpc) is 2.76. The molecular formula is C16H15BrClN3. The van der Waals surface area contributed by atoms with Crippen molar-refractivity contribution >= 4 is 39.0 Å². The minimum Gasteiger partial charge on any atom is -0.367 e. The number of halogens is 2. The van der Waals surface area contributed by atoms with Gasteiger partial charge < -0.3 is 5.32 Å². The third-order valence-corrected chi connectivity index (χ3v) is 3.81. The number of aromatic nitrogens is 2. The smallest absolute Gasteiger partial charge is 0.139 e. The molecule has 0 aliphatic rings. The number of hydrogen-bond acceptors (Lipinski definition) is 2. The van der Waals surface area contributed by atoms with Gasteiger partial charge in [0.05, 0.1) is 0 Å². The molecule has 0 saturated carbocycles. The Morgan fingerprint density at radius 1 is 1.24 bits per heavy atom. The van der Waals surface area contributed by atoms with Gasteiger partial charge in [0.25, 0.3) is 0 Å². The fourth-order valence-corrected chi connectivity index (χ4v) is 2.79. The number of anilines is 1. The standard InChI is InChI=1S/C16H15BrClN3/c1-10(2)19-16-15(11-4-3-5-13(18)8-11)20-14-7-6-12(17)9-21(14)16/h3-10,19H,1-2H3. The Balaban J connectivity index is 2.25. The molecule has 5 heteroatoms. The summed E-state index contributed by atoms with van der Waals surface area (Å²) in [6, 6.07) is 12.1. The first-order valence-corrected chi connectivity index (χ1v) is 7.92. The van der Waals surface area contributed by atoms with Crippen molar-refractivity contribution in [1.82, 2.24) is 9.38 Å². The molecule has 0 bridgehead atoms. The number of fused-ring (bicyclic) bond motifs is 1. The summed E-state index contributed by atoms with van der Waals surface area (Å²) in [5.74, 6) is 0.976. The van der Waals surface area contributed by atoms with E-state index in [-0.39, 0.29) is 0 Å². The van der Waals surface area contributed by atoms with Crippen molar-refractivity contribution in [3.63, 3.8) is 0 Å². The van der Waals surface area contributed by atoms with Crippen molar-refractivity contribution in [1.29, 1.82) is 0 Å². The molecule has 0 aliphatic heterocycles. The maximum Gasteiger partial charge on any atom is 0.139 e. The highest BCUT2D eigenvalue weighted by molar-refractivity contribution is 9.10. The van der Waals surface area contributed by atoms with Crippen LogP contribution in [0.15, 0.2) is 47.1 Å². The van der Waals surface area contributed by atoms with Gasteiger partial charge in [-0.2, -0.15) is 0 Å². The second-order valence-corrected chi connectivity index (χ2v) is 6.55. The molecule has 3 aromatic rings. The summed E-state index contributed by atoms with van der Waals surface area (Å²) in [5.41, 5.74) is 2.81. The van der Waals surface area contributed by atoms with Crippen LogP contribution in [0.2, 0.25) is 5.02 Å². The van der Waals surface area contributed by atoms with E-state index in [0.717, 1.165) is 27.2 Å². The number of nitrogens with zero attached hydrogens (tertiary/aromatic N) is 2. The lowest BCUT2D eigenvalue weighted by atomic mass is 10.1. The zero-order chi connectivity index (χ0) is 15.0. The third kappa shape index (κ3) is 2.92. The van der Waals surface area contributed by atoms with Crippen molar-refractivity contribution in [2.75, 3.05) is 5.32 Å². The highest BCUT2D eigenvalue weighted by atomic mass is 79.9. The Kier molecular flexibility index (Phi) is 3.91. The fraction of sp³-hybridized carbons (Fsp3) is 0.188. The lowest BCUT2D eigenvalue weighted by molar-refractivity contribution is 0.885. The molecular weight excluding hydrogens is 350 g/mol. The molecule has 1 aromatic carbocycles. The molecule has 0 fully saturated rings. The molecule has 0 atom stereocenters. The fourth-order valence-electron chi connectivity index (χ4n) is 2.27. The van der Waals surface area contributed by atoms with Crippen molar-refractivity contribution < 1.29 is 0 Å². The predicted molar refractivity (Wildman–Crippen MR) is 92.1 cm³/mol. The van der Waals surface area contributed by atoms with Gasteiger partial charge >= 0.3 is 0 Å². The number of imidazole rings is 1. The first-order chi connectivity index (χ1) is 10.0. The molecule has 0 aliphatic carbocycles. The van der Waals surface area contributed by atoms with E-state index >= 15 is 0 Å². The second kappa shape index (κ2) is 5.70. The maximum atomic E-state index is 6.11. The normalized spacial score (nSPS) is 11.3. The minimum atomic E-state index is 0.307. The van der Waals surface area contributed by atoms with Gasteiger partial charge in [-0.1, -0.05) is 23.7 Å². The monoisotopic (exact) mass is 363 g/mol. The van der Waals surface area contributed by atoms with Crippen LogP contribution in [0.4, 0.5) is 5.82 Å². The van der Waals surface area contributed by atoms with E-state index in [1.54, 1.807) is 0 Å². The summed E-state index contributed by atoms with van der Waals surface area (Å²) in [5, 5.41) is 4.19. The van der Waals surface area contributed by atoms with Crippen molar-refractivity contribution in [3.05, 3.63) is 52.1 Å². The number of hydrogen-bond donors (Lipinski definition) is 1. The average molecular weight is 365 g/mol. The zero-order valence-electron chi connectivity index (χ0n) is 11.8. The summed E-state index contributed by atoms with van der Waals surface area (Å²) < 4.78 is 3.07. The Bertz CT molecular complexity index is 795. The zero-order valence-corrected chi connectivity index (χ0v) is 14.1. The molecule has 0 saturated heterocycles. The Morgan fingerprint density at radius 2 is 2.05 bits per heavy atom. The molecule has 3 rings (SSSR count). The van der Waals surface area contributed by atoms with Crippen LogP contribution in [-0.2, 0) is 0 Å². The van der Waals surface area contributed by atoms with Gasteiger partial charge in [-0.25, -0.2) is 4.98 Å². The minimum absolute atomic E-state index is 0.307. The molecule has 1 N–H and O–H groups in total. The van der Waals surface area contributed by atoms with Crippen LogP contribution in [0.5, 0.6) is 0 Å². The van der Waals surface area contributed by atoms with Crippen LogP contribution in [0, 0.1) is 0 Å². The first kappa shape index (κ1) is 14.4. The quantitative estimate of drug-likeness (QED) is 0.689. The first-order valence-electron chi connectivity index (χ1n) is 6.74. The molecule has 3 nitrogen and oxygen atoms in total. The summed E-state index contributed by atoms with van der Waals surface area (Å²) in [7, 11) is 0. The molecule has 2 heterocycles. The van der Waals surface area contributed by atoms with Gasteiger partial charge in [0.2, 0.25) is 0 Å². The van der Waals surface area contributed by atoms with Crippen LogP contribution >= 0.6 is 27.5 Å². The second-order valence-electron chi connectivity index (χ2n) is 5.19. The van der Waals surface area contributed by atoms with Crippen LogP contribution in [-0.4, -0.2) is 15.4 Å². The highest BCUT2D eigenvalue weighted by Gasteiger charge is 2.15. The molecule has 0 radical (unpaired) electrons. The highest BCUT2D eigenvalue weighted by Crippen LogP contribution is 2.31. The Morgan fingerprint density at radius 3 is 2.76 bits per heavy atom. The van der Waals surface area contributed by atoms with Crippen molar-refractivity contribution in [2.24, 2.45) is 0 Å². The van der Waals surface area contributed by atoms with Gasteiger partial charge in [-0.05, 0) is 54.0 Å². The summed E-state index contributed by atoms with van der Waals surface area (Å²) in [6.45, 7) is 4.22. The van der Waals surface area contributed by atoms with Gasteiger partial charge in [-0.3, -0.25) is 4.40 Å². The van der Waals surface area contributed by atoms with Crippen LogP contribution < -0.4 is 5.32 Å². The molecule has 0 unspecified atom stereocenters. The number of benzene rings is 1. The number of pyridine rings is 1. The topological polar surface area (TPSA) is 29.3 Å². The summed E-state index contributed by atoms with van der Waals surface area (Å²) in [4.78, 5) is 4.74. The van der Waals surface area contributed by atoms with Gasteiger partial charge in [0.1, 0.15) is 17.2 Å². The third-order valence-electron chi connectivity index (χ3n) is 3.11. The number of rotatable bonds is 3. The van der Waals surface area contributed by atoms with E-state index in [1.165, 1.54) is 0 Å². The van der Waals surface area contributed by atoms with E-state index in [2.05, 4.69) is 39.5 Å². The molecule has 2 aromatic heterocycles. The SMILES string of the molecule is CC(C)Nc1c(-c2cccc(Cl)c2)nc2ccc(Br)cn12. The maximum absolute atomic E-state index is 6.11. The molecule has 0 spiro atoms. The van der Waals surface area contributed by atoms with Gasteiger partial charge in [0.15, 0.2) is 0 Å². The largest absolute Gasteiger partial charge is 0.367 e. The summed E-state index contributed by atoms with van der Waals surface area (Å²) >= 11 is 9.63. The predicted octanol–water partition coefficient (Wildman–Crippen LogP) is 5.24. The molecule has 108 valence electrons. The van der Waals surface area contributed by atoms with E-state index in [0.29, 0.717) is 11.1 Å². The molecule has 0 amide bonds. The van der Waals surface area contributed by atoms with Crippen molar-refractivity contribution in [3.8, 4) is 11.3 Å². The van der Waals surface area contributed by atoms with E-state index < -0.39 is 0 Å². The van der Waals surface area contributed by atoms with Crippen molar-refractivity contribution in [2.45, 2.75) is 19.9 Å². The molecule has 21 heavy (non-hydrogen) atoms. The van der Waals surface area contributed by atoms with E-state index in [4.69, 9.17) is 16.6 Å². The van der Waals surface area contributed by atoms with E-state index in [9.17, 15) is 0 Å². The van der Waals surface area contributed by atoms with Crippen LogP contribution in [0.25, 0.3) is 16.9 Å². The lowest BCUT2D eigenvalue weighted by Crippen LogP contribution is -2.12. The van der Waals surface area contributed by atoms with Gasteiger partial charge in [0, 0.05) is 27.3 Å². The summed E-state index contributed by atoms with van der Waals surface area (Å²) in [6.07, 6.45) is 2.01. The van der Waals surface area contributed by atoms with Crippen LogP contribution in [0.1, 0.15) is 13.8 Å². The Labute approximate surface area is 137 Å². The van der Waals surface area contributed by atoms with E-state index in [1.807, 2.05) is 42.6 Å².